The number of hydrogen-bond donors (Lipinski definition) is 4. The highest BCUT2D eigenvalue weighted by Gasteiger charge is 2.24. The first-order valence-corrected chi connectivity index (χ1v) is 4.07. The Labute approximate surface area is 57.0 Å². The van der Waals surface area contributed by atoms with Gasteiger partial charge in [-0.15, -0.1) is 0 Å². The summed E-state index contributed by atoms with van der Waals surface area (Å²) >= 11 is 0. The van der Waals surface area contributed by atoms with Crippen LogP contribution in [0.25, 0.3) is 0 Å². The van der Waals surface area contributed by atoms with Gasteiger partial charge in [-0.25, -0.2) is 4.79 Å². The van der Waals surface area contributed by atoms with E-state index in [4.69, 9.17) is 14.9 Å². The molecule has 0 aromatic rings. The molecule has 1 atom stereocenters. The molecule has 0 aromatic heterocycles. The Morgan fingerprint density at radius 1 is 1.60 bits per heavy atom. The summed E-state index contributed by atoms with van der Waals surface area (Å²) < 4.78 is 10.2. The van der Waals surface area contributed by atoms with Gasteiger partial charge in [-0.3, -0.25) is 4.57 Å². The zero-order chi connectivity index (χ0) is 8.36. The lowest BCUT2D eigenvalue weighted by molar-refractivity contribution is 0.191. The van der Waals surface area contributed by atoms with Crippen molar-refractivity contribution >= 4 is 13.7 Å². The van der Waals surface area contributed by atoms with E-state index in [1.165, 1.54) is 0 Å². The Hall–Kier alpha value is -0.580. The zero-order valence-electron chi connectivity index (χ0n) is 5.18. The van der Waals surface area contributed by atoms with Gasteiger partial charge in [0.05, 0.1) is 0 Å². The van der Waals surface area contributed by atoms with E-state index in [0.29, 0.717) is 0 Å². The number of amides is 1. The van der Waals surface area contributed by atoms with Crippen molar-refractivity contribution in [1.82, 2.24) is 5.32 Å². The van der Waals surface area contributed by atoms with Crippen LogP contribution in [0.4, 0.5) is 4.79 Å². The van der Waals surface area contributed by atoms with Crippen molar-refractivity contribution in [3.8, 4) is 0 Å². The van der Waals surface area contributed by atoms with Crippen LogP contribution in [-0.4, -0.2) is 26.8 Å². The molecule has 1 amide bonds. The second-order valence-electron chi connectivity index (χ2n) is 1.71. The molecule has 0 saturated carbocycles. The summed E-state index contributed by atoms with van der Waals surface area (Å²) in [6, 6.07) is 0. The molecule has 60 valence electrons. The molecule has 10 heavy (non-hydrogen) atoms. The molecule has 0 aromatic carbocycles. The van der Waals surface area contributed by atoms with Gasteiger partial charge < -0.3 is 20.2 Å². The molecule has 0 aliphatic carbocycles. The Kier molecular flexibility index (Phi) is 2.83. The van der Waals surface area contributed by atoms with Crippen molar-refractivity contribution in [2.24, 2.45) is 0 Å². The smallest absolute Gasteiger partial charge is 0.405 e. The van der Waals surface area contributed by atoms with E-state index in [9.17, 15) is 9.36 Å². The number of hydrogen-bond acceptors (Lipinski definition) is 2. The lowest BCUT2D eigenvalue weighted by Gasteiger charge is -2.11. The van der Waals surface area contributed by atoms with Gasteiger partial charge in [0.15, 0.2) is 0 Å². The third-order valence-electron chi connectivity index (χ3n) is 0.837. The second-order valence-corrected chi connectivity index (χ2v) is 3.67. The maximum atomic E-state index is 10.2. The van der Waals surface area contributed by atoms with Crippen LogP contribution in [0.15, 0.2) is 0 Å². The minimum absolute atomic E-state index is 1.09. The normalized spacial score (nSPS) is 14.3. The third-order valence-corrected chi connectivity index (χ3v) is 1.98. The largest absolute Gasteiger partial charge is 0.465 e. The highest BCUT2D eigenvalue weighted by Crippen LogP contribution is 2.38. The molecule has 0 saturated heterocycles. The van der Waals surface area contributed by atoms with E-state index in [1.54, 1.807) is 5.32 Å². The molecule has 0 spiro atoms. The van der Waals surface area contributed by atoms with Gasteiger partial charge in [0.2, 0.25) is 0 Å². The molecule has 0 aliphatic heterocycles. The number of rotatable bonds is 2. The first-order valence-electron chi connectivity index (χ1n) is 2.38. The van der Waals surface area contributed by atoms with E-state index < -0.39 is 19.5 Å². The highest BCUT2D eigenvalue weighted by atomic mass is 31.2. The van der Waals surface area contributed by atoms with E-state index >= 15 is 0 Å². The molecule has 6 nitrogen and oxygen atoms in total. The van der Waals surface area contributed by atoms with Crippen LogP contribution in [0.2, 0.25) is 0 Å². The third kappa shape index (κ3) is 3.45. The summed E-state index contributed by atoms with van der Waals surface area (Å²) in [5, 5.41) is 9.63. The fourth-order valence-electron chi connectivity index (χ4n) is 0.263. The van der Waals surface area contributed by atoms with Crippen LogP contribution >= 0.6 is 7.60 Å². The predicted octanol–water partition coefficient (Wildman–Crippen LogP) is -0.222. The molecule has 0 aliphatic rings. The molecule has 4 N–H and O–H groups in total. The van der Waals surface area contributed by atoms with Crippen LogP contribution in [0.5, 0.6) is 0 Å². The van der Waals surface area contributed by atoms with Gasteiger partial charge in [0.1, 0.15) is 5.78 Å². The Bertz CT molecular complexity index is 174. The highest BCUT2D eigenvalue weighted by molar-refractivity contribution is 7.52. The number of nitrogens with one attached hydrogen (secondary N) is 1. The Balaban J connectivity index is 3.98. The minimum atomic E-state index is -4.30. The average molecular weight is 169 g/mol. The lowest BCUT2D eigenvalue weighted by atomic mass is 10.7. The van der Waals surface area contributed by atoms with Gasteiger partial charge in [-0.05, 0) is 6.92 Å². The Morgan fingerprint density at radius 3 is 2.10 bits per heavy atom. The Morgan fingerprint density at radius 2 is 2.00 bits per heavy atom. The van der Waals surface area contributed by atoms with Crippen molar-refractivity contribution in [2.45, 2.75) is 12.7 Å². The standard InChI is InChI=1S/C3H8NO5P/c1-2(4-3(5)6)10(7,8)9/h2,4H,1H3,(H,5,6)(H2,7,8,9). The van der Waals surface area contributed by atoms with Crippen LogP contribution in [0, 0.1) is 0 Å². The monoisotopic (exact) mass is 169 g/mol. The summed E-state index contributed by atoms with van der Waals surface area (Å²) in [4.78, 5) is 26.4. The summed E-state index contributed by atoms with van der Waals surface area (Å²) in [5.41, 5.74) is 0. The molecule has 0 rings (SSSR count). The number of carboxylic acid groups (broad SMARTS) is 1. The van der Waals surface area contributed by atoms with Gasteiger partial charge in [-0.2, -0.15) is 0 Å². The topological polar surface area (TPSA) is 107 Å². The SMILES string of the molecule is CC(NC(=O)O)P(=O)(O)O. The second kappa shape index (κ2) is 3.01. The van der Waals surface area contributed by atoms with Crippen molar-refractivity contribution in [3.05, 3.63) is 0 Å². The fraction of sp³-hybridized carbons (Fsp3) is 0.667. The molecule has 0 fully saturated rings. The fourth-order valence-corrected chi connectivity index (χ4v) is 0.541. The van der Waals surface area contributed by atoms with Crippen LogP contribution in [0.1, 0.15) is 6.92 Å². The molecule has 1 unspecified atom stereocenters. The van der Waals surface area contributed by atoms with E-state index in [-0.39, 0.29) is 0 Å². The van der Waals surface area contributed by atoms with Gasteiger partial charge in [-0.1, -0.05) is 0 Å². The molecule has 0 heterocycles. The van der Waals surface area contributed by atoms with Crippen LogP contribution in [0.3, 0.4) is 0 Å². The molecular weight excluding hydrogens is 161 g/mol. The van der Waals surface area contributed by atoms with E-state index in [1.807, 2.05) is 0 Å². The van der Waals surface area contributed by atoms with E-state index in [2.05, 4.69) is 0 Å². The molecule has 7 heteroatoms. The lowest BCUT2D eigenvalue weighted by Crippen LogP contribution is -2.30. The minimum Gasteiger partial charge on any atom is -0.465 e. The summed E-state index contributed by atoms with van der Waals surface area (Å²) in [5.74, 6) is -1.34. The number of carbonyl (C=O) groups is 1. The van der Waals surface area contributed by atoms with Gasteiger partial charge >= 0.3 is 13.7 Å². The summed E-state index contributed by atoms with van der Waals surface area (Å²) in [7, 11) is -4.30. The van der Waals surface area contributed by atoms with E-state index in [0.717, 1.165) is 6.92 Å². The molecular formula is C3H8NO5P. The summed E-state index contributed by atoms with van der Waals surface area (Å²) in [6.07, 6.45) is -1.45. The maximum absolute atomic E-state index is 10.2. The molecule has 0 bridgehead atoms. The van der Waals surface area contributed by atoms with Gasteiger partial charge in [0.25, 0.3) is 0 Å². The first-order chi connectivity index (χ1) is 4.34. The van der Waals surface area contributed by atoms with Crippen LogP contribution < -0.4 is 5.32 Å². The first kappa shape index (κ1) is 9.42. The maximum Gasteiger partial charge on any atom is 0.405 e. The van der Waals surface area contributed by atoms with Crippen molar-refractivity contribution in [2.75, 3.05) is 0 Å². The van der Waals surface area contributed by atoms with Crippen molar-refractivity contribution < 1.29 is 24.3 Å². The average Bonchev–Trinajstić information content (AvgIpc) is 1.60. The zero-order valence-corrected chi connectivity index (χ0v) is 6.08. The van der Waals surface area contributed by atoms with Gasteiger partial charge in [0, 0.05) is 0 Å². The summed E-state index contributed by atoms with van der Waals surface area (Å²) in [6.45, 7) is 1.09. The molecule has 0 radical (unpaired) electrons. The predicted molar refractivity (Wildman–Crippen MR) is 32.7 cm³/mol. The van der Waals surface area contributed by atoms with Crippen molar-refractivity contribution in [3.63, 3.8) is 0 Å². The van der Waals surface area contributed by atoms with Crippen molar-refractivity contribution in [1.29, 1.82) is 0 Å². The quantitative estimate of drug-likeness (QED) is 0.427. The van der Waals surface area contributed by atoms with Crippen LogP contribution in [-0.2, 0) is 4.57 Å².